The van der Waals surface area contributed by atoms with Gasteiger partial charge in [0, 0.05) is 5.56 Å². The molecule has 1 heterocycles. The smallest absolute Gasteiger partial charge is 0.445 e. The van der Waals surface area contributed by atoms with E-state index in [-0.39, 0.29) is 44.9 Å². The van der Waals surface area contributed by atoms with Gasteiger partial charge in [-0.05, 0) is 53.2 Å². The predicted molar refractivity (Wildman–Crippen MR) is 135 cm³/mol. The molecule has 12 nitrogen and oxygen atoms in total. The molecule has 0 radical (unpaired) electrons. The zero-order valence-corrected chi connectivity index (χ0v) is 21.6. The Morgan fingerprint density at radius 2 is 1.64 bits per heavy atom. The highest BCUT2D eigenvalue weighted by Gasteiger charge is 2.40. The number of carbonyl (C=O) groups is 2. The maximum absolute atomic E-state index is 12.8. The van der Waals surface area contributed by atoms with Crippen molar-refractivity contribution in [2.45, 2.75) is 16.3 Å². The second-order valence-corrected chi connectivity index (χ2v) is 10.0. The summed E-state index contributed by atoms with van der Waals surface area (Å²) in [7, 11) is -4.25. The van der Waals surface area contributed by atoms with Gasteiger partial charge >= 0.3 is 22.8 Å². The number of hydrogen-bond acceptors (Lipinski definition) is 11. The number of nitrogens with zero attached hydrogens (tertiary/aromatic N) is 2. The Morgan fingerprint density at radius 3 is 2.33 bits per heavy atom. The van der Waals surface area contributed by atoms with E-state index in [9.17, 15) is 23.2 Å². The number of thiocarbonyl (C=S) groups is 1. The van der Waals surface area contributed by atoms with Gasteiger partial charge in [-0.3, -0.25) is 4.79 Å². The van der Waals surface area contributed by atoms with Gasteiger partial charge in [0.1, 0.15) is 28.7 Å². The third-order valence-electron chi connectivity index (χ3n) is 5.09. The first kappa shape index (κ1) is 27.2. The summed E-state index contributed by atoms with van der Waals surface area (Å²) in [5.41, 5.74) is 6.15. The van der Waals surface area contributed by atoms with Gasteiger partial charge in [0.05, 0.1) is 11.3 Å². The highest BCUT2D eigenvalue weighted by Crippen LogP contribution is 2.25. The van der Waals surface area contributed by atoms with Gasteiger partial charge in [-0.15, -0.1) is 0 Å². The number of rotatable bonds is 10. The van der Waals surface area contributed by atoms with Crippen molar-refractivity contribution in [3.05, 3.63) is 90.0 Å². The first-order valence-electron chi connectivity index (χ1n) is 11.1. The van der Waals surface area contributed by atoms with Crippen LogP contribution in [-0.2, 0) is 14.6 Å². The van der Waals surface area contributed by atoms with Crippen LogP contribution in [0, 0.1) is 0 Å². The van der Waals surface area contributed by atoms with Gasteiger partial charge in [-0.1, -0.05) is 42.5 Å². The molecule has 0 amide bonds. The van der Waals surface area contributed by atoms with E-state index in [1.165, 1.54) is 48.5 Å². The second kappa shape index (κ2) is 11.7. The molecule has 0 saturated carbocycles. The standard InChI is InChI=1S/C25H19N3O9S2/c26-22(38)16-10-12-17(13-11-16)35-25(30)19-8-4-5-9-20(19)36-21(29)14-15-34-23-24(28(31)37-27-23)39(32,33)18-6-2-1-3-7-18/h1-13H,14-15H2,(H2-,26,27,31,38)/p+1. The van der Waals surface area contributed by atoms with E-state index >= 15 is 0 Å². The van der Waals surface area contributed by atoms with Crippen molar-refractivity contribution in [3.8, 4) is 17.4 Å². The van der Waals surface area contributed by atoms with Gasteiger partial charge in [0.25, 0.3) is 9.84 Å². The molecule has 200 valence electrons. The van der Waals surface area contributed by atoms with Gasteiger partial charge < -0.3 is 25.2 Å². The minimum atomic E-state index is -4.25. The van der Waals surface area contributed by atoms with Crippen molar-refractivity contribution >= 4 is 39.0 Å². The van der Waals surface area contributed by atoms with Crippen LogP contribution in [-0.4, -0.2) is 42.3 Å². The van der Waals surface area contributed by atoms with Crippen LogP contribution < -0.4 is 24.8 Å². The quantitative estimate of drug-likeness (QED) is 0.123. The van der Waals surface area contributed by atoms with Crippen LogP contribution in [0.4, 0.5) is 0 Å². The maximum atomic E-state index is 12.8. The van der Waals surface area contributed by atoms with Crippen molar-refractivity contribution in [1.29, 1.82) is 0 Å². The lowest BCUT2D eigenvalue weighted by molar-refractivity contribution is -1.06. The first-order chi connectivity index (χ1) is 18.7. The molecule has 0 saturated heterocycles. The molecule has 0 aliphatic rings. The number of esters is 2. The molecule has 0 bridgehead atoms. The van der Waals surface area contributed by atoms with Crippen LogP contribution in [0.2, 0.25) is 0 Å². The van der Waals surface area contributed by atoms with Gasteiger partial charge in [-0.2, -0.15) is 0 Å². The van der Waals surface area contributed by atoms with Crippen molar-refractivity contribution in [1.82, 2.24) is 5.16 Å². The number of aromatic nitrogens is 2. The molecule has 14 heteroatoms. The summed E-state index contributed by atoms with van der Waals surface area (Å²) in [5, 5.41) is 12.5. The minimum Gasteiger partial charge on any atom is -0.452 e. The van der Waals surface area contributed by atoms with Crippen molar-refractivity contribution in [2.75, 3.05) is 6.61 Å². The number of para-hydroxylation sites is 1. The van der Waals surface area contributed by atoms with Crippen molar-refractivity contribution in [3.63, 3.8) is 0 Å². The fourth-order valence-electron chi connectivity index (χ4n) is 3.23. The summed E-state index contributed by atoms with van der Waals surface area (Å²) < 4.78 is 46.1. The molecule has 0 aliphatic heterocycles. The van der Waals surface area contributed by atoms with E-state index in [1.54, 1.807) is 30.3 Å². The van der Waals surface area contributed by atoms with Gasteiger partial charge in [-0.25, -0.2) is 13.2 Å². The van der Waals surface area contributed by atoms with Crippen LogP contribution >= 0.6 is 12.2 Å². The monoisotopic (exact) mass is 570 g/mol. The third kappa shape index (κ3) is 6.37. The molecule has 0 atom stereocenters. The molecule has 39 heavy (non-hydrogen) atoms. The van der Waals surface area contributed by atoms with E-state index in [1.807, 2.05) is 0 Å². The molecular formula is C25H20N3O9S2+. The first-order valence-corrected chi connectivity index (χ1v) is 13.0. The van der Waals surface area contributed by atoms with Crippen molar-refractivity contribution in [2.24, 2.45) is 5.73 Å². The van der Waals surface area contributed by atoms with Crippen LogP contribution in [0.1, 0.15) is 22.3 Å². The van der Waals surface area contributed by atoms with E-state index in [0.29, 0.717) is 5.56 Å². The Bertz CT molecular complexity index is 1620. The second-order valence-electron chi connectivity index (χ2n) is 7.72. The average Bonchev–Trinajstić information content (AvgIpc) is 3.30. The molecule has 0 unspecified atom stereocenters. The Hall–Kier alpha value is -4.82. The number of benzene rings is 3. The zero-order valence-electron chi connectivity index (χ0n) is 19.9. The lowest BCUT2D eigenvalue weighted by Gasteiger charge is -2.10. The minimum absolute atomic E-state index is 0.0146. The fourth-order valence-corrected chi connectivity index (χ4v) is 4.67. The summed E-state index contributed by atoms with van der Waals surface area (Å²) in [6.45, 7) is -0.384. The summed E-state index contributed by atoms with van der Waals surface area (Å²) in [6.07, 6.45) is -0.368. The van der Waals surface area contributed by atoms with Crippen LogP contribution in [0.15, 0.2) is 93.4 Å². The summed E-state index contributed by atoms with van der Waals surface area (Å²) in [6, 6.07) is 19.4. The Labute approximate surface area is 227 Å². The molecule has 4 aromatic rings. The van der Waals surface area contributed by atoms with E-state index in [2.05, 4.69) is 9.79 Å². The Morgan fingerprint density at radius 1 is 0.974 bits per heavy atom. The van der Waals surface area contributed by atoms with Crippen LogP contribution in [0.5, 0.6) is 17.4 Å². The molecule has 0 aliphatic carbocycles. The summed E-state index contributed by atoms with van der Waals surface area (Å²) >= 11 is 4.89. The predicted octanol–water partition coefficient (Wildman–Crippen LogP) is 2.26. The Kier molecular flexibility index (Phi) is 8.17. The topological polar surface area (TPSA) is 172 Å². The highest BCUT2D eigenvalue weighted by atomic mass is 32.2. The molecule has 0 spiro atoms. The van der Waals surface area contributed by atoms with E-state index in [0.717, 1.165) is 0 Å². The fraction of sp³-hybridized carbons (Fsp3) is 0.0800. The number of hydrogen-bond donors (Lipinski definition) is 2. The van der Waals surface area contributed by atoms with E-state index < -0.39 is 32.7 Å². The normalized spacial score (nSPS) is 11.0. The molecule has 3 aromatic carbocycles. The van der Waals surface area contributed by atoms with Crippen molar-refractivity contribution < 1.29 is 47.0 Å². The van der Waals surface area contributed by atoms with Crippen LogP contribution in [0.3, 0.4) is 0 Å². The number of ether oxygens (including phenoxy) is 3. The van der Waals surface area contributed by atoms with E-state index in [4.69, 9.17) is 32.2 Å². The third-order valence-corrected chi connectivity index (χ3v) is 7.06. The number of carbonyl (C=O) groups excluding carboxylic acids is 2. The molecule has 4 rings (SSSR count). The molecule has 1 aromatic heterocycles. The number of nitrogens with two attached hydrogens (primary N) is 1. The highest BCUT2D eigenvalue weighted by molar-refractivity contribution is 7.91. The number of sulfone groups is 1. The summed E-state index contributed by atoms with van der Waals surface area (Å²) in [5.74, 6) is -1.97. The maximum Gasteiger partial charge on any atom is 0.445 e. The Balaban J connectivity index is 1.39. The lowest BCUT2D eigenvalue weighted by atomic mass is 10.2. The summed E-state index contributed by atoms with van der Waals surface area (Å²) in [4.78, 5) is 25.2. The van der Waals surface area contributed by atoms with Gasteiger partial charge in [0.2, 0.25) is 5.16 Å². The lowest BCUT2D eigenvalue weighted by Crippen LogP contribution is -2.34. The molecule has 3 N–H and O–H groups in total. The SMILES string of the molecule is NC(=S)c1ccc(OC(=O)c2ccccc2OC(=O)CCOc2no[n+](O)c2S(=O)(=O)c2ccccc2)cc1. The van der Waals surface area contributed by atoms with Crippen LogP contribution in [0.25, 0.3) is 0 Å². The van der Waals surface area contributed by atoms with Gasteiger partial charge in [0.15, 0.2) is 4.90 Å². The molecule has 0 fully saturated rings. The largest absolute Gasteiger partial charge is 0.452 e. The zero-order chi connectivity index (χ0) is 28.0. The average molecular weight is 571 g/mol. The molecular weight excluding hydrogens is 550 g/mol.